The van der Waals surface area contributed by atoms with E-state index in [0.29, 0.717) is 11.5 Å². The third kappa shape index (κ3) is 5.04. The van der Waals surface area contributed by atoms with Gasteiger partial charge in [-0.2, -0.15) is 0 Å². The van der Waals surface area contributed by atoms with E-state index in [0.717, 1.165) is 0 Å². The van der Waals surface area contributed by atoms with Crippen LogP contribution < -0.4 is 38.6 Å². The Morgan fingerprint density at radius 2 is 1.34 bits per heavy atom. The Bertz CT molecular complexity index is 1450. The molecule has 1 saturated heterocycles. The third-order valence-corrected chi connectivity index (χ3v) is 6.67. The maximum atomic E-state index is 14.2. The lowest BCUT2D eigenvalue weighted by molar-refractivity contribution is -0.277. The molecule has 1 aliphatic heterocycles. The Hall–Kier alpha value is -3.95. The van der Waals surface area contributed by atoms with Crippen molar-refractivity contribution in [2.24, 2.45) is 0 Å². The van der Waals surface area contributed by atoms with Crippen molar-refractivity contribution in [3.8, 4) is 51.6 Å². The molecule has 4 rings (SSSR count). The number of benzene rings is 2. The molecule has 0 bridgehead atoms. The standard InChI is InChI=1S/C27H32O14/c1-33-12-8-7-11(9-13(12)34-2)20-23(41-27-19(32)18(31)16(29)14(10-28)39-27)17(30)15-21(35-3)24(36-4)26(38-6)25(37-5)22(15)40-20/h7-9,14,16,18-19,27-29,31-32H,10H2,1-6H3. The molecule has 0 radical (unpaired) electrons. The summed E-state index contributed by atoms with van der Waals surface area (Å²) in [6, 6.07) is 4.66. The SMILES string of the molecule is COc1ccc(-c2oc3c(OC)c(OC)c(OC)c(OC)c3c(=O)c2OC2OC(CO)C(O)C(O)C2O)cc1OC. The van der Waals surface area contributed by atoms with Gasteiger partial charge < -0.3 is 62.7 Å². The summed E-state index contributed by atoms with van der Waals surface area (Å²) in [6.45, 7) is -0.707. The lowest BCUT2D eigenvalue weighted by Crippen LogP contribution is -2.60. The molecule has 1 aliphatic rings. The van der Waals surface area contributed by atoms with Crippen molar-refractivity contribution in [3.05, 3.63) is 28.4 Å². The second kappa shape index (κ2) is 12.3. The molecule has 3 aromatic rings. The van der Waals surface area contributed by atoms with Gasteiger partial charge in [0.1, 0.15) is 29.8 Å². The predicted octanol–water partition coefficient (Wildman–Crippen LogP) is 0.690. The average Bonchev–Trinajstić information content (AvgIpc) is 3.00. The monoisotopic (exact) mass is 580 g/mol. The van der Waals surface area contributed by atoms with Crippen molar-refractivity contribution in [2.45, 2.75) is 30.7 Å². The first-order valence-corrected chi connectivity index (χ1v) is 12.3. The van der Waals surface area contributed by atoms with Crippen molar-refractivity contribution in [2.75, 3.05) is 49.3 Å². The first-order valence-electron chi connectivity index (χ1n) is 12.3. The number of rotatable bonds is 10. The highest BCUT2D eigenvalue weighted by atomic mass is 16.7. The maximum absolute atomic E-state index is 14.2. The van der Waals surface area contributed by atoms with Crippen LogP contribution in [0, 0.1) is 0 Å². The summed E-state index contributed by atoms with van der Waals surface area (Å²) in [5, 5.41) is 40.6. The van der Waals surface area contributed by atoms with E-state index in [2.05, 4.69) is 0 Å². The lowest BCUT2D eigenvalue weighted by Gasteiger charge is -2.39. The molecule has 5 atom stereocenters. The smallest absolute Gasteiger partial charge is 0.239 e. The molecular weight excluding hydrogens is 548 g/mol. The summed E-state index contributed by atoms with van der Waals surface area (Å²) in [6.07, 6.45) is -8.23. The van der Waals surface area contributed by atoms with Crippen molar-refractivity contribution in [1.82, 2.24) is 0 Å². The topological polar surface area (TPSA) is 185 Å². The molecule has 0 saturated carbocycles. The number of ether oxygens (including phenoxy) is 8. The minimum atomic E-state index is -1.82. The number of aliphatic hydroxyl groups excluding tert-OH is 4. The Balaban J connectivity index is 2.07. The fraction of sp³-hybridized carbons (Fsp3) is 0.444. The number of aliphatic hydroxyl groups is 4. The minimum Gasteiger partial charge on any atom is -0.493 e. The third-order valence-electron chi connectivity index (χ3n) is 6.67. The number of fused-ring (bicyclic) bond motifs is 1. The average molecular weight is 581 g/mol. The van der Waals surface area contributed by atoms with Gasteiger partial charge in [0, 0.05) is 5.56 Å². The summed E-state index contributed by atoms with van der Waals surface area (Å²) < 4.78 is 50.4. The summed E-state index contributed by atoms with van der Waals surface area (Å²) in [4.78, 5) is 14.2. The molecule has 224 valence electrons. The molecule has 2 heterocycles. The Morgan fingerprint density at radius 1 is 0.732 bits per heavy atom. The van der Waals surface area contributed by atoms with Gasteiger partial charge in [-0.25, -0.2) is 0 Å². The highest BCUT2D eigenvalue weighted by molar-refractivity contribution is 5.97. The molecule has 14 heteroatoms. The van der Waals surface area contributed by atoms with Crippen LogP contribution in [0.4, 0.5) is 0 Å². The van der Waals surface area contributed by atoms with E-state index in [9.17, 15) is 25.2 Å². The largest absolute Gasteiger partial charge is 0.493 e. The Morgan fingerprint density at radius 3 is 1.90 bits per heavy atom. The van der Waals surface area contributed by atoms with Gasteiger partial charge >= 0.3 is 0 Å². The molecule has 0 aliphatic carbocycles. The van der Waals surface area contributed by atoms with E-state index >= 15 is 0 Å². The van der Waals surface area contributed by atoms with Gasteiger partial charge in [0.15, 0.2) is 28.6 Å². The first kappa shape index (κ1) is 30.0. The zero-order valence-electron chi connectivity index (χ0n) is 23.2. The van der Waals surface area contributed by atoms with Gasteiger partial charge in [-0.05, 0) is 18.2 Å². The summed E-state index contributed by atoms with van der Waals surface area (Å²) in [5.41, 5.74) is -0.612. The number of hydrogen-bond donors (Lipinski definition) is 4. The second-order valence-corrected chi connectivity index (χ2v) is 8.81. The molecule has 4 N–H and O–H groups in total. The zero-order chi connectivity index (χ0) is 30.0. The Labute approximate surface area is 234 Å². The number of methoxy groups -OCH3 is 6. The van der Waals surface area contributed by atoms with Gasteiger partial charge in [0.25, 0.3) is 0 Å². The minimum absolute atomic E-state index is 0.0124. The predicted molar refractivity (Wildman–Crippen MR) is 142 cm³/mol. The summed E-state index contributed by atoms with van der Waals surface area (Å²) in [7, 11) is 8.25. The molecule has 41 heavy (non-hydrogen) atoms. The number of hydrogen-bond acceptors (Lipinski definition) is 14. The second-order valence-electron chi connectivity index (χ2n) is 8.81. The normalized spacial score (nSPS) is 22.2. The van der Waals surface area contributed by atoms with Crippen molar-refractivity contribution in [3.63, 3.8) is 0 Å². The summed E-state index contributed by atoms with van der Waals surface area (Å²) >= 11 is 0. The van der Waals surface area contributed by atoms with Crippen LogP contribution in [0.5, 0.6) is 40.2 Å². The molecule has 0 amide bonds. The van der Waals surface area contributed by atoms with Crippen LogP contribution >= 0.6 is 0 Å². The molecule has 14 nitrogen and oxygen atoms in total. The molecule has 5 unspecified atom stereocenters. The zero-order valence-corrected chi connectivity index (χ0v) is 23.2. The van der Waals surface area contributed by atoms with Gasteiger partial charge in [-0.1, -0.05) is 0 Å². The van der Waals surface area contributed by atoms with Crippen LogP contribution in [0.1, 0.15) is 0 Å². The van der Waals surface area contributed by atoms with Crippen LogP contribution in [0.3, 0.4) is 0 Å². The van der Waals surface area contributed by atoms with Crippen molar-refractivity contribution < 1.29 is 62.7 Å². The molecule has 1 fully saturated rings. The highest BCUT2D eigenvalue weighted by Crippen LogP contribution is 2.51. The van der Waals surface area contributed by atoms with Gasteiger partial charge in [0.05, 0.1) is 49.3 Å². The highest BCUT2D eigenvalue weighted by Gasteiger charge is 2.45. The molecule has 1 aromatic heterocycles. The fourth-order valence-electron chi connectivity index (χ4n) is 4.61. The van der Waals surface area contributed by atoms with Crippen LogP contribution in [0.2, 0.25) is 0 Å². The Kier molecular flexibility index (Phi) is 8.99. The maximum Gasteiger partial charge on any atom is 0.239 e. The van der Waals surface area contributed by atoms with Gasteiger partial charge in [-0.15, -0.1) is 0 Å². The van der Waals surface area contributed by atoms with Crippen LogP contribution in [0.15, 0.2) is 27.4 Å². The molecule has 2 aromatic carbocycles. The van der Waals surface area contributed by atoms with Crippen molar-refractivity contribution in [1.29, 1.82) is 0 Å². The van der Waals surface area contributed by atoms with Crippen LogP contribution in [-0.2, 0) is 4.74 Å². The van der Waals surface area contributed by atoms with Gasteiger partial charge in [-0.3, -0.25) is 4.79 Å². The van der Waals surface area contributed by atoms with Crippen LogP contribution in [-0.4, -0.2) is 100 Å². The van der Waals surface area contributed by atoms with E-state index in [1.54, 1.807) is 12.1 Å². The molecular formula is C27H32O14. The lowest BCUT2D eigenvalue weighted by atomic mass is 9.99. The fourth-order valence-corrected chi connectivity index (χ4v) is 4.61. The molecule has 0 spiro atoms. The van der Waals surface area contributed by atoms with E-state index < -0.39 is 48.5 Å². The van der Waals surface area contributed by atoms with E-state index in [1.165, 1.54) is 48.7 Å². The van der Waals surface area contributed by atoms with Gasteiger partial charge in [0.2, 0.25) is 34.7 Å². The van der Waals surface area contributed by atoms with Crippen LogP contribution in [0.25, 0.3) is 22.3 Å². The van der Waals surface area contributed by atoms with Crippen molar-refractivity contribution >= 4 is 11.0 Å². The quantitative estimate of drug-likeness (QED) is 0.262. The van der Waals surface area contributed by atoms with E-state index in [-0.39, 0.29) is 45.3 Å². The summed E-state index contributed by atoms with van der Waals surface area (Å²) in [5.74, 6) is 0.122. The van der Waals surface area contributed by atoms with E-state index in [4.69, 9.17) is 42.3 Å². The van der Waals surface area contributed by atoms with E-state index in [1.807, 2.05) is 0 Å². The first-order chi connectivity index (χ1) is 19.7.